The molecule has 1 aliphatic rings. The van der Waals surface area contributed by atoms with Gasteiger partial charge in [-0.2, -0.15) is 5.10 Å². The average Bonchev–Trinajstić information content (AvgIpc) is 3.26. The maximum absolute atomic E-state index is 13.4. The van der Waals surface area contributed by atoms with Crippen molar-refractivity contribution in [2.45, 2.75) is 19.6 Å². The van der Waals surface area contributed by atoms with Crippen molar-refractivity contribution < 1.29 is 4.79 Å². The zero-order valence-corrected chi connectivity index (χ0v) is 18.2. The molecule has 3 heterocycles. The van der Waals surface area contributed by atoms with E-state index < -0.39 is 0 Å². The van der Waals surface area contributed by atoms with Gasteiger partial charge < -0.3 is 0 Å². The van der Waals surface area contributed by atoms with Crippen LogP contribution in [0, 0.1) is 0 Å². The van der Waals surface area contributed by atoms with E-state index in [1.165, 1.54) is 0 Å². The van der Waals surface area contributed by atoms with Crippen molar-refractivity contribution in [2.24, 2.45) is 0 Å². The zero-order valence-electron chi connectivity index (χ0n) is 18.2. The lowest BCUT2D eigenvalue weighted by Gasteiger charge is -2.28. The molecular formula is C24H25N7O. The fraction of sp³-hybridized carbons (Fsp3) is 0.250. The van der Waals surface area contributed by atoms with Crippen LogP contribution in [0.15, 0.2) is 60.9 Å². The van der Waals surface area contributed by atoms with Gasteiger partial charge in [-0.25, -0.2) is 19.7 Å². The van der Waals surface area contributed by atoms with Gasteiger partial charge in [0.05, 0.1) is 29.9 Å². The fourth-order valence-corrected chi connectivity index (χ4v) is 4.23. The molecule has 0 atom stereocenters. The van der Waals surface area contributed by atoms with Crippen molar-refractivity contribution in [2.75, 3.05) is 20.6 Å². The molecular weight excluding hydrogens is 402 g/mol. The number of hydrogen-bond acceptors (Lipinski definition) is 6. The number of carbonyl (C=O) groups excluding carboxylic acids is 1. The number of benzene rings is 2. The lowest BCUT2D eigenvalue weighted by atomic mass is 9.95. The van der Waals surface area contributed by atoms with Crippen molar-refractivity contribution in [3.05, 3.63) is 77.9 Å². The van der Waals surface area contributed by atoms with Gasteiger partial charge in [-0.3, -0.25) is 15.1 Å². The molecule has 0 saturated heterocycles. The molecule has 0 radical (unpaired) electrons. The fourth-order valence-electron chi connectivity index (χ4n) is 4.23. The van der Waals surface area contributed by atoms with Gasteiger partial charge in [0.25, 0.3) is 5.91 Å². The van der Waals surface area contributed by atoms with Gasteiger partial charge in [-0.05, 0) is 6.07 Å². The molecule has 1 N–H and O–H groups in total. The van der Waals surface area contributed by atoms with Crippen molar-refractivity contribution >= 4 is 16.8 Å². The standard InChI is InChI=1S/C24H25N7O/c1-29(2)28-24(32)22-18-10-6-7-11-20(18)27-23(17-8-4-3-5-9-17)19(22)14-30-12-13-31-21(15-30)25-16-26-31/h3-11,16H,12-15H2,1-2H3,(H,28,32). The van der Waals surface area contributed by atoms with E-state index in [1.54, 1.807) is 11.3 Å². The Morgan fingerprint density at radius 1 is 1.06 bits per heavy atom. The smallest absolute Gasteiger partial charge is 0.266 e. The van der Waals surface area contributed by atoms with Gasteiger partial charge in [0.2, 0.25) is 0 Å². The molecule has 162 valence electrons. The maximum Gasteiger partial charge on any atom is 0.266 e. The molecule has 5 rings (SSSR count). The molecule has 0 saturated carbocycles. The summed E-state index contributed by atoms with van der Waals surface area (Å²) in [6, 6.07) is 17.9. The Bertz CT molecular complexity index is 1270. The van der Waals surface area contributed by atoms with Crippen molar-refractivity contribution in [1.29, 1.82) is 0 Å². The molecule has 32 heavy (non-hydrogen) atoms. The Labute approximate surface area is 186 Å². The normalized spacial score (nSPS) is 14.0. The summed E-state index contributed by atoms with van der Waals surface area (Å²) in [5.74, 6) is 0.798. The Kier molecular flexibility index (Phi) is 5.38. The Balaban J connectivity index is 1.68. The van der Waals surface area contributed by atoms with E-state index in [0.29, 0.717) is 18.7 Å². The third-order valence-corrected chi connectivity index (χ3v) is 5.66. The third kappa shape index (κ3) is 3.86. The number of hydrazine groups is 1. The van der Waals surface area contributed by atoms with Gasteiger partial charge in [-0.15, -0.1) is 0 Å². The molecule has 0 unspecified atom stereocenters. The summed E-state index contributed by atoms with van der Waals surface area (Å²) in [4.78, 5) is 25.1. The zero-order chi connectivity index (χ0) is 22.1. The van der Waals surface area contributed by atoms with Gasteiger partial charge in [-0.1, -0.05) is 48.5 Å². The Hall–Kier alpha value is -3.62. The van der Waals surface area contributed by atoms with E-state index in [1.807, 2.05) is 73.4 Å². The van der Waals surface area contributed by atoms with Crippen LogP contribution in [0.5, 0.6) is 0 Å². The molecule has 0 fully saturated rings. The molecule has 0 bridgehead atoms. The summed E-state index contributed by atoms with van der Waals surface area (Å²) >= 11 is 0. The van der Waals surface area contributed by atoms with Gasteiger partial charge in [0.1, 0.15) is 12.2 Å². The summed E-state index contributed by atoms with van der Waals surface area (Å²) in [6.07, 6.45) is 1.60. The molecule has 0 spiro atoms. The summed E-state index contributed by atoms with van der Waals surface area (Å²) in [6.45, 7) is 2.86. The lowest BCUT2D eigenvalue weighted by molar-refractivity contribution is 0.0856. The van der Waals surface area contributed by atoms with Crippen molar-refractivity contribution in [3.8, 4) is 11.3 Å². The number of para-hydroxylation sites is 1. The van der Waals surface area contributed by atoms with E-state index in [9.17, 15) is 4.79 Å². The predicted octanol–water partition coefficient (Wildman–Crippen LogP) is 2.72. The number of nitrogens with one attached hydrogen (secondary N) is 1. The molecule has 1 amide bonds. The van der Waals surface area contributed by atoms with Crippen LogP contribution in [0.25, 0.3) is 22.2 Å². The van der Waals surface area contributed by atoms with Crippen LogP contribution >= 0.6 is 0 Å². The molecule has 8 heteroatoms. The second-order valence-electron chi connectivity index (χ2n) is 8.14. The van der Waals surface area contributed by atoms with Crippen LogP contribution in [0.1, 0.15) is 21.7 Å². The molecule has 4 aromatic rings. The first-order valence-electron chi connectivity index (χ1n) is 10.6. The summed E-state index contributed by atoms with van der Waals surface area (Å²) in [7, 11) is 3.63. The third-order valence-electron chi connectivity index (χ3n) is 5.66. The van der Waals surface area contributed by atoms with Crippen molar-refractivity contribution in [3.63, 3.8) is 0 Å². The quantitative estimate of drug-likeness (QED) is 0.494. The molecule has 1 aliphatic heterocycles. The van der Waals surface area contributed by atoms with E-state index in [4.69, 9.17) is 4.98 Å². The molecule has 8 nitrogen and oxygen atoms in total. The van der Waals surface area contributed by atoms with Crippen LogP contribution in [0.3, 0.4) is 0 Å². The minimum atomic E-state index is -0.138. The lowest BCUT2D eigenvalue weighted by Crippen LogP contribution is -2.38. The first-order valence-corrected chi connectivity index (χ1v) is 10.6. The first-order chi connectivity index (χ1) is 15.6. The highest BCUT2D eigenvalue weighted by atomic mass is 16.2. The second-order valence-corrected chi connectivity index (χ2v) is 8.14. The average molecular weight is 428 g/mol. The number of aromatic nitrogens is 4. The highest BCUT2D eigenvalue weighted by Crippen LogP contribution is 2.32. The van der Waals surface area contributed by atoms with E-state index in [-0.39, 0.29) is 5.91 Å². The van der Waals surface area contributed by atoms with Crippen LogP contribution in [-0.4, -0.2) is 56.2 Å². The molecule has 2 aromatic heterocycles. The Morgan fingerprint density at radius 2 is 1.84 bits per heavy atom. The first kappa shape index (κ1) is 20.3. The number of pyridine rings is 1. The van der Waals surface area contributed by atoms with Crippen LogP contribution in [0.4, 0.5) is 0 Å². The number of fused-ring (bicyclic) bond motifs is 2. The topological polar surface area (TPSA) is 79.2 Å². The highest BCUT2D eigenvalue weighted by Gasteiger charge is 2.25. The minimum absolute atomic E-state index is 0.138. The minimum Gasteiger partial charge on any atom is -0.290 e. The predicted molar refractivity (Wildman–Crippen MR) is 122 cm³/mol. The highest BCUT2D eigenvalue weighted by molar-refractivity contribution is 6.08. The van der Waals surface area contributed by atoms with Crippen LogP contribution < -0.4 is 5.43 Å². The largest absolute Gasteiger partial charge is 0.290 e. The monoisotopic (exact) mass is 427 g/mol. The van der Waals surface area contributed by atoms with Gasteiger partial charge >= 0.3 is 0 Å². The van der Waals surface area contributed by atoms with Crippen molar-refractivity contribution in [1.82, 2.24) is 35.1 Å². The summed E-state index contributed by atoms with van der Waals surface area (Å²) in [5.41, 5.74) is 7.15. The van der Waals surface area contributed by atoms with E-state index in [0.717, 1.165) is 46.6 Å². The number of rotatable bonds is 5. The Morgan fingerprint density at radius 3 is 2.66 bits per heavy atom. The second kappa shape index (κ2) is 8.49. The van der Waals surface area contributed by atoms with Gasteiger partial charge in [0, 0.05) is 43.7 Å². The van der Waals surface area contributed by atoms with Crippen LogP contribution in [-0.2, 0) is 19.6 Å². The number of carbonyl (C=O) groups is 1. The summed E-state index contributed by atoms with van der Waals surface area (Å²) < 4.78 is 1.94. The number of nitrogens with zero attached hydrogens (tertiary/aromatic N) is 6. The molecule has 0 aliphatic carbocycles. The van der Waals surface area contributed by atoms with Crippen LogP contribution in [0.2, 0.25) is 0 Å². The number of hydrogen-bond donors (Lipinski definition) is 1. The molecule has 2 aromatic carbocycles. The number of amides is 1. The van der Waals surface area contributed by atoms with E-state index in [2.05, 4.69) is 20.4 Å². The van der Waals surface area contributed by atoms with Gasteiger partial charge in [0.15, 0.2) is 0 Å². The SMILES string of the molecule is CN(C)NC(=O)c1c(CN2CCn3ncnc3C2)c(-c2ccccc2)nc2ccccc12. The maximum atomic E-state index is 13.4. The summed E-state index contributed by atoms with van der Waals surface area (Å²) in [5, 5.41) is 6.80. The van der Waals surface area contributed by atoms with E-state index >= 15 is 0 Å².